The van der Waals surface area contributed by atoms with Crippen molar-refractivity contribution in [1.82, 2.24) is 5.32 Å². The summed E-state index contributed by atoms with van der Waals surface area (Å²) < 4.78 is 25.4. The number of nitrogens with one attached hydrogen (secondary N) is 1. The Kier molecular flexibility index (Phi) is 5.65. The minimum atomic E-state index is -1.16. The average molecular weight is 305 g/mol. The van der Waals surface area contributed by atoms with Gasteiger partial charge in [-0.2, -0.15) is 0 Å². The van der Waals surface area contributed by atoms with Crippen LogP contribution in [0.5, 0.6) is 0 Å². The first-order chi connectivity index (χ1) is 10.1. The van der Waals surface area contributed by atoms with Gasteiger partial charge in [-0.15, -0.1) is 0 Å². The maximum Gasteiger partial charge on any atom is 0.123 e. The van der Waals surface area contributed by atoms with E-state index in [1.165, 1.54) is 17.7 Å². The van der Waals surface area contributed by atoms with Gasteiger partial charge in [0.25, 0.3) is 0 Å². The summed E-state index contributed by atoms with van der Waals surface area (Å²) in [5.74, 6) is 0.169. The molecule has 2 atom stereocenters. The number of rotatable bonds is 6. The van der Waals surface area contributed by atoms with Gasteiger partial charge in [-0.3, -0.25) is 4.21 Å². The molecule has 21 heavy (non-hydrogen) atoms. The van der Waals surface area contributed by atoms with Gasteiger partial charge in [0.15, 0.2) is 0 Å². The predicted octanol–water partition coefficient (Wildman–Crippen LogP) is 3.59. The number of benzene rings is 2. The second kappa shape index (κ2) is 7.48. The molecule has 112 valence electrons. The van der Waals surface area contributed by atoms with E-state index in [4.69, 9.17) is 0 Å². The van der Waals surface area contributed by atoms with Gasteiger partial charge in [0.2, 0.25) is 0 Å². The first-order valence-corrected chi connectivity index (χ1v) is 8.36. The molecule has 2 aromatic rings. The molecule has 0 amide bonds. The molecule has 0 aliphatic heterocycles. The Morgan fingerprint density at radius 1 is 1.14 bits per heavy atom. The standard InChI is InChI=1S/C17H20FNOS/c1-3-19-17(16-7-5-4-6-13(16)2)12-21(20)15-10-8-14(18)9-11-15/h4-11,17,19H,3,12H2,1-2H3. The Bertz CT molecular complexity index is 612. The van der Waals surface area contributed by atoms with Crippen molar-refractivity contribution in [1.29, 1.82) is 0 Å². The van der Waals surface area contributed by atoms with Crippen LogP contribution in [-0.2, 0) is 10.8 Å². The molecular weight excluding hydrogens is 285 g/mol. The van der Waals surface area contributed by atoms with Gasteiger partial charge in [0.05, 0.1) is 10.8 Å². The van der Waals surface area contributed by atoms with Crippen molar-refractivity contribution in [3.63, 3.8) is 0 Å². The van der Waals surface area contributed by atoms with Gasteiger partial charge in [-0.05, 0) is 48.9 Å². The number of hydrogen-bond acceptors (Lipinski definition) is 2. The zero-order chi connectivity index (χ0) is 15.2. The first kappa shape index (κ1) is 15.9. The lowest BCUT2D eigenvalue weighted by atomic mass is 10.0. The van der Waals surface area contributed by atoms with E-state index in [0.29, 0.717) is 10.6 Å². The molecule has 2 rings (SSSR count). The summed E-state index contributed by atoms with van der Waals surface area (Å²) in [5, 5.41) is 3.38. The van der Waals surface area contributed by atoms with Crippen LogP contribution in [0.3, 0.4) is 0 Å². The zero-order valence-electron chi connectivity index (χ0n) is 12.3. The van der Waals surface area contributed by atoms with Gasteiger partial charge < -0.3 is 5.32 Å². The summed E-state index contributed by atoms with van der Waals surface area (Å²) in [6.45, 7) is 4.90. The minimum Gasteiger partial charge on any atom is -0.309 e. The highest BCUT2D eigenvalue weighted by molar-refractivity contribution is 7.85. The van der Waals surface area contributed by atoms with E-state index in [-0.39, 0.29) is 11.9 Å². The van der Waals surface area contributed by atoms with Gasteiger partial charge in [0.1, 0.15) is 5.82 Å². The molecule has 2 nitrogen and oxygen atoms in total. The maximum absolute atomic E-state index is 12.9. The highest BCUT2D eigenvalue weighted by Crippen LogP contribution is 2.20. The second-order valence-electron chi connectivity index (χ2n) is 4.93. The Hall–Kier alpha value is -1.52. The fourth-order valence-corrected chi connectivity index (χ4v) is 3.55. The number of aryl methyl sites for hydroxylation is 1. The van der Waals surface area contributed by atoms with Gasteiger partial charge in [-0.25, -0.2) is 4.39 Å². The smallest absolute Gasteiger partial charge is 0.123 e. The van der Waals surface area contributed by atoms with Crippen molar-refractivity contribution in [2.75, 3.05) is 12.3 Å². The topological polar surface area (TPSA) is 29.1 Å². The van der Waals surface area contributed by atoms with Crippen molar-refractivity contribution in [3.8, 4) is 0 Å². The van der Waals surface area contributed by atoms with Crippen LogP contribution in [0.1, 0.15) is 24.1 Å². The summed E-state index contributed by atoms with van der Waals surface area (Å²) in [6.07, 6.45) is 0. The van der Waals surface area contributed by atoms with E-state index in [9.17, 15) is 8.60 Å². The second-order valence-corrected chi connectivity index (χ2v) is 6.43. The van der Waals surface area contributed by atoms with Gasteiger partial charge in [0, 0.05) is 16.7 Å². The lowest BCUT2D eigenvalue weighted by molar-refractivity contribution is 0.591. The molecule has 1 N–H and O–H groups in total. The molecule has 4 heteroatoms. The van der Waals surface area contributed by atoms with E-state index in [0.717, 1.165) is 12.1 Å². The molecule has 0 saturated heterocycles. The normalized spacial score (nSPS) is 13.9. The molecule has 0 aliphatic rings. The van der Waals surface area contributed by atoms with Crippen LogP contribution in [-0.4, -0.2) is 16.5 Å². The zero-order valence-corrected chi connectivity index (χ0v) is 13.1. The van der Waals surface area contributed by atoms with Gasteiger partial charge in [-0.1, -0.05) is 31.2 Å². The van der Waals surface area contributed by atoms with E-state index in [2.05, 4.69) is 24.4 Å². The van der Waals surface area contributed by atoms with Crippen molar-refractivity contribution in [2.45, 2.75) is 24.8 Å². The fraction of sp³-hybridized carbons (Fsp3) is 0.294. The molecule has 0 aromatic heterocycles. The Morgan fingerprint density at radius 3 is 2.43 bits per heavy atom. The molecule has 0 bridgehead atoms. The van der Waals surface area contributed by atoms with E-state index in [1.54, 1.807) is 12.1 Å². The van der Waals surface area contributed by atoms with Crippen LogP contribution in [0, 0.1) is 12.7 Å². The third-order valence-electron chi connectivity index (χ3n) is 3.41. The minimum absolute atomic E-state index is 0.0297. The highest BCUT2D eigenvalue weighted by atomic mass is 32.2. The Balaban J connectivity index is 2.18. The third-order valence-corrected chi connectivity index (χ3v) is 4.84. The molecule has 0 spiro atoms. The van der Waals surface area contributed by atoms with E-state index < -0.39 is 10.8 Å². The average Bonchev–Trinajstić information content (AvgIpc) is 2.48. The maximum atomic E-state index is 12.9. The van der Waals surface area contributed by atoms with Gasteiger partial charge >= 0.3 is 0 Å². The predicted molar refractivity (Wildman–Crippen MR) is 85.3 cm³/mol. The fourth-order valence-electron chi connectivity index (χ4n) is 2.32. The molecule has 0 aliphatic carbocycles. The Labute approximate surface area is 127 Å². The van der Waals surface area contributed by atoms with Crippen LogP contribution >= 0.6 is 0 Å². The highest BCUT2D eigenvalue weighted by Gasteiger charge is 2.16. The molecule has 0 heterocycles. The summed E-state index contributed by atoms with van der Waals surface area (Å²) in [4.78, 5) is 0.660. The molecule has 0 fully saturated rings. The quantitative estimate of drug-likeness (QED) is 0.883. The van der Waals surface area contributed by atoms with Crippen molar-refractivity contribution >= 4 is 10.8 Å². The van der Waals surface area contributed by atoms with Crippen molar-refractivity contribution in [2.24, 2.45) is 0 Å². The summed E-state index contributed by atoms with van der Waals surface area (Å²) in [6, 6.07) is 14.0. The van der Waals surface area contributed by atoms with E-state index in [1.807, 2.05) is 19.1 Å². The summed E-state index contributed by atoms with van der Waals surface area (Å²) >= 11 is 0. The molecule has 0 saturated carbocycles. The third kappa shape index (κ3) is 4.22. The van der Waals surface area contributed by atoms with Crippen molar-refractivity contribution in [3.05, 3.63) is 65.5 Å². The molecule has 2 unspecified atom stereocenters. The molecule has 2 aromatic carbocycles. The van der Waals surface area contributed by atoms with E-state index >= 15 is 0 Å². The van der Waals surface area contributed by atoms with Crippen LogP contribution in [0.2, 0.25) is 0 Å². The lowest BCUT2D eigenvalue weighted by Gasteiger charge is -2.20. The summed E-state index contributed by atoms with van der Waals surface area (Å²) in [7, 11) is -1.16. The van der Waals surface area contributed by atoms with Crippen LogP contribution in [0.15, 0.2) is 53.4 Å². The summed E-state index contributed by atoms with van der Waals surface area (Å²) in [5.41, 5.74) is 2.34. The molecule has 0 radical (unpaired) electrons. The number of halogens is 1. The first-order valence-electron chi connectivity index (χ1n) is 7.04. The van der Waals surface area contributed by atoms with Crippen molar-refractivity contribution < 1.29 is 8.60 Å². The molecular formula is C17H20FNOS. The van der Waals surface area contributed by atoms with Crippen LogP contribution < -0.4 is 5.32 Å². The van der Waals surface area contributed by atoms with Crippen LogP contribution in [0.4, 0.5) is 4.39 Å². The van der Waals surface area contributed by atoms with Crippen LogP contribution in [0.25, 0.3) is 0 Å². The SMILES string of the molecule is CCNC(CS(=O)c1ccc(F)cc1)c1ccccc1C. The Morgan fingerprint density at radius 2 is 1.81 bits per heavy atom. The largest absolute Gasteiger partial charge is 0.309 e. The lowest BCUT2D eigenvalue weighted by Crippen LogP contribution is -2.26. The monoisotopic (exact) mass is 305 g/mol. The number of hydrogen-bond donors (Lipinski definition) is 1.